The summed E-state index contributed by atoms with van der Waals surface area (Å²) in [6, 6.07) is 7.47. The molecule has 2 heterocycles. The Morgan fingerprint density at radius 1 is 1.29 bits per heavy atom. The molecule has 2 aromatic heterocycles. The molecule has 0 fully saturated rings. The molecule has 7 heteroatoms. The Hall–Kier alpha value is -2.96. The van der Waals surface area contributed by atoms with Gasteiger partial charge in [-0.25, -0.2) is 4.98 Å². The molecule has 124 valence electrons. The van der Waals surface area contributed by atoms with E-state index in [2.05, 4.69) is 25.6 Å². The minimum Gasteiger partial charge on any atom is -0.322 e. The van der Waals surface area contributed by atoms with E-state index in [4.69, 9.17) is 0 Å². The molecule has 24 heavy (non-hydrogen) atoms. The number of H-pyrrole nitrogens is 1. The molecule has 7 nitrogen and oxygen atoms in total. The van der Waals surface area contributed by atoms with E-state index in [1.54, 1.807) is 0 Å². The third-order valence-corrected chi connectivity index (χ3v) is 3.88. The summed E-state index contributed by atoms with van der Waals surface area (Å²) in [5.41, 5.74) is 3.76. The van der Waals surface area contributed by atoms with Gasteiger partial charge in [-0.3, -0.25) is 14.6 Å². The topological polar surface area (TPSA) is 88.5 Å². The van der Waals surface area contributed by atoms with Gasteiger partial charge in [0.15, 0.2) is 5.82 Å². The summed E-state index contributed by atoms with van der Waals surface area (Å²) in [6.07, 6.45) is 0. The Balaban J connectivity index is 1.86. The van der Waals surface area contributed by atoms with Gasteiger partial charge in [0.05, 0.1) is 11.3 Å². The number of benzene rings is 1. The van der Waals surface area contributed by atoms with Crippen molar-refractivity contribution in [2.75, 3.05) is 5.32 Å². The summed E-state index contributed by atoms with van der Waals surface area (Å²) in [4.78, 5) is 16.9. The molecule has 0 unspecified atom stereocenters. The van der Waals surface area contributed by atoms with Crippen molar-refractivity contribution in [1.29, 1.82) is 0 Å². The van der Waals surface area contributed by atoms with Crippen LogP contribution in [0.2, 0.25) is 0 Å². The average molecular weight is 324 g/mol. The first-order valence-electron chi connectivity index (χ1n) is 7.84. The Morgan fingerprint density at radius 3 is 2.71 bits per heavy atom. The summed E-state index contributed by atoms with van der Waals surface area (Å²) in [7, 11) is 0. The molecule has 1 amide bonds. The quantitative estimate of drug-likeness (QED) is 0.772. The lowest BCUT2D eigenvalue weighted by Crippen LogP contribution is -2.14. The number of anilines is 1. The molecule has 2 N–H and O–H groups in total. The van der Waals surface area contributed by atoms with Crippen molar-refractivity contribution < 1.29 is 4.79 Å². The van der Waals surface area contributed by atoms with Gasteiger partial charge in [0.25, 0.3) is 5.91 Å². The molecule has 3 aromatic rings. The Kier molecular flexibility index (Phi) is 4.16. The maximum absolute atomic E-state index is 12.6. The van der Waals surface area contributed by atoms with Crippen LogP contribution in [-0.4, -0.2) is 30.9 Å². The third-order valence-electron chi connectivity index (χ3n) is 3.88. The van der Waals surface area contributed by atoms with Crippen LogP contribution >= 0.6 is 0 Å². The highest BCUT2D eigenvalue weighted by molar-refractivity contribution is 6.06. The lowest BCUT2D eigenvalue weighted by atomic mass is 10.1. The van der Waals surface area contributed by atoms with Crippen LogP contribution in [0.3, 0.4) is 0 Å². The smallest absolute Gasteiger partial charge is 0.259 e. The van der Waals surface area contributed by atoms with Crippen molar-refractivity contribution in [1.82, 2.24) is 25.0 Å². The van der Waals surface area contributed by atoms with Crippen LogP contribution in [0.4, 0.5) is 5.69 Å². The lowest BCUT2D eigenvalue weighted by molar-refractivity contribution is 0.102. The lowest BCUT2D eigenvalue weighted by Gasteiger charge is -2.07. The first-order valence-corrected chi connectivity index (χ1v) is 7.84. The van der Waals surface area contributed by atoms with Crippen LogP contribution in [0.15, 0.2) is 24.3 Å². The van der Waals surface area contributed by atoms with Gasteiger partial charge in [-0.15, -0.1) is 0 Å². The number of rotatable bonds is 4. The van der Waals surface area contributed by atoms with Gasteiger partial charge in [0.2, 0.25) is 0 Å². The van der Waals surface area contributed by atoms with Crippen molar-refractivity contribution >= 4 is 11.6 Å². The molecule has 0 aliphatic heterocycles. The molecule has 0 radical (unpaired) electrons. The molecule has 0 bridgehead atoms. The zero-order valence-electron chi connectivity index (χ0n) is 14.2. The fourth-order valence-electron chi connectivity index (χ4n) is 2.73. The molecule has 3 rings (SSSR count). The molecular formula is C17H20N6O. The van der Waals surface area contributed by atoms with Crippen LogP contribution in [0.1, 0.15) is 34.5 Å². The van der Waals surface area contributed by atoms with E-state index in [1.165, 1.54) is 0 Å². The first kappa shape index (κ1) is 15.9. The van der Waals surface area contributed by atoms with Gasteiger partial charge < -0.3 is 5.32 Å². The van der Waals surface area contributed by atoms with Gasteiger partial charge in [-0.05, 0) is 39.8 Å². The molecular weight excluding hydrogens is 304 g/mol. The molecule has 0 atom stereocenters. The van der Waals surface area contributed by atoms with E-state index < -0.39 is 0 Å². The standard InChI is InChI=1S/C17H20N6O/c1-5-23-11(3)15(10(2)22-23)17(24)19-14-8-6-7-13(9-14)16-18-12(4)20-21-16/h6-9H,5H2,1-4H3,(H,19,24)(H,18,20,21). The van der Waals surface area contributed by atoms with E-state index in [9.17, 15) is 4.79 Å². The third kappa shape index (κ3) is 2.92. The monoisotopic (exact) mass is 324 g/mol. The van der Waals surface area contributed by atoms with Crippen molar-refractivity contribution in [3.8, 4) is 11.4 Å². The predicted molar refractivity (Wildman–Crippen MR) is 91.9 cm³/mol. The van der Waals surface area contributed by atoms with E-state index in [0.717, 1.165) is 29.3 Å². The van der Waals surface area contributed by atoms with Crippen molar-refractivity contribution in [2.24, 2.45) is 0 Å². The van der Waals surface area contributed by atoms with Crippen LogP contribution in [-0.2, 0) is 6.54 Å². The minimum atomic E-state index is -0.159. The van der Waals surface area contributed by atoms with E-state index in [-0.39, 0.29) is 5.91 Å². The Morgan fingerprint density at radius 2 is 2.08 bits per heavy atom. The Labute approximate surface area is 140 Å². The highest BCUT2D eigenvalue weighted by Crippen LogP contribution is 2.21. The second-order valence-corrected chi connectivity index (χ2v) is 5.64. The summed E-state index contributed by atoms with van der Waals surface area (Å²) in [5.74, 6) is 1.19. The summed E-state index contributed by atoms with van der Waals surface area (Å²) < 4.78 is 1.83. The number of nitrogens with one attached hydrogen (secondary N) is 2. The second kappa shape index (κ2) is 6.27. The van der Waals surface area contributed by atoms with E-state index in [1.807, 2.05) is 56.6 Å². The second-order valence-electron chi connectivity index (χ2n) is 5.64. The maximum Gasteiger partial charge on any atom is 0.259 e. The molecule has 0 saturated carbocycles. The van der Waals surface area contributed by atoms with Gasteiger partial charge in [0.1, 0.15) is 5.82 Å². The van der Waals surface area contributed by atoms with Crippen LogP contribution in [0.25, 0.3) is 11.4 Å². The van der Waals surface area contributed by atoms with Gasteiger partial charge in [-0.2, -0.15) is 10.2 Å². The molecule has 0 aliphatic carbocycles. The first-order chi connectivity index (χ1) is 11.5. The predicted octanol–water partition coefficient (Wildman–Crippen LogP) is 2.87. The fourth-order valence-corrected chi connectivity index (χ4v) is 2.73. The molecule has 0 spiro atoms. The SMILES string of the molecule is CCn1nc(C)c(C(=O)Nc2cccc(-c3n[nH]c(C)n3)c2)c1C. The number of nitrogens with zero attached hydrogens (tertiary/aromatic N) is 4. The number of hydrogen-bond donors (Lipinski definition) is 2. The van der Waals surface area contributed by atoms with E-state index >= 15 is 0 Å². The number of hydrogen-bond acceptors (Lipinski definition) is 4. The largest absolute Gasteiger partial charge is 0.322 e. The zero-order chi connectivity index (χ0) is 17.3. The fraction of sp³-hybridized carbons (Fsp3) is 0.294. The van der Waals surface area contributed by atoms with Gasteiger partial charge in [0, 0.05) is 23.5 Å². The highest BCUT2D eigenvalue weighted by Gasteiger charge is 2.18. The number of aryl methyl sites for hydroxylation is 3. The van der Waals surface area contributed by atoms with Crippen LogP contribution in [0.5, 0.6) is 0 Å². The summed E-state index contributed by atoms with van der Waals surface area (Å²) in [6.45, 7) is 8.34. The molecule has 0 aliphatic rings. The molecule has 1 aromatic carbocycles. The van der Waals surface area contributed by atoms with Crippen molar-refractivity contribution in [3.63, 3.8) is 0 Å². The van der Waals surface area contributed by atoms with Gasteiger partial charge in [-0.1, -0.05) is 12.1 Å². The average Bonchev–Trinajstić information content (AvgIpc) is 3.10. The maximum atomic E-state index is 12.6. The summed E-state index contributed by atoms with van der Waals surface area (Å²) >= 11 is 0. The van der Waals surface area contributed by atoms with Crippen LogP contribution < -0.4 is 5.32 Å². The minimum absolute atomic E-state index is 0.159. The normalized spacial score (nSPS) is 10.8. The number of carbonyl (C=O) groups is 1. The number of aromatic nitrogens is 5. The van der Waals surface area contributed by atoms with E-state index in [0.29, 0.717) is 17.1 Å². The summed E-state index contributed by atoms with van der Waals surface area (Å²) in [5, 5.41) is 14.3. The van der Waals surface area contributed by atoms with Crippen molar-refractivity contribution in [3.05, 3.63) is 47.0 Å². The number of amides is 1. The Bertz CT molecular complexity index is 892. The van der Waals surface area contributed by atoms with Gasteiger partial charge >= 0.3 is 0 Å². The zero-order valence-corrected chi connectivity index (χ0v) is 14.2. The number of carbonyl (C=O) groups excluding carboxylic acids is 1. The molecule has 0 saturated heterocycles. The highest BCUT2D eigenvalue weighted by atomic mass is 16.1. The van der Waals surface area contributed by atoms with Crippen molar-refractivity contribution in [2.45, 2.75) is 34.2 Å². The van der Waals surface area contributed by atoms with Crippen LogP contribution in [0, 0.1) is 20.8 Å². The number of aromatic amines is 1.